The molecule has 2 aliphatic heterocycles. The molecule has 0 bridgehead atoms. The van der Waals surface area contributed by atoms with Crippen molar-refractivity contribution >= 4 is 12.0 Å². The Labute approximate surface area is 129 Å². The molecule has 2 saturated heterocycles. The monoisotopic (exact) mass is 307 g/mol. The Balaban J connectivity index is 1.78. The van der Waals surface area contributed by atoms with Crippen molar-refractivity contribution in [1.82, 2.24) is 15.0 Å². The van der Waals surface area contributed by atoms with Gasteiger partial charge in [0.25, 0.3) is 5.91 Å². The number of nitrogens with zero attached hydrogens (tertiary/aromatic N) is 3. The van der Waals surface area contributed by atoms with Gasteiger partial charge in [0, 0.05) is 31.6 Å². The fourth-order valence-corrected chi connectivity index (χ4v) is 3.06. The van der Waals surface area contributed by atoms with E-state index in [9.17, 15) is 9.59 Å². The maximum atomic E-state index is 12.6. The first-order chi connectivity index (χ1) is 10.5. The minimum Gasteiger partial charge on any atom is -0.447 e. The molecular formula is C15H21N3O4. The summed E-state index contributed by atoms with van der Waals surface area (Å²) >= 11 is 0. The topological polar surface area (TPSA) is 75.9 Å². The van der Waals surface area contributed by atoms with Gasteiger partial charge in [-0.25, -0.2) is 4.79 Å². The molecule has 120 valence electrons. The van der Waals surface area contributed by atoms with Crippen LogP contribution < -0.4 is 0 Å². The molecule has 2 fully saturated rings. The van der Waals surface area contributed by atoms with Crippen molar-refractivity contribution in [2.24, 2.45) is 0 Å². The standard InChI is InChI=1S/C15H21N3O4/c1-4-15-8-17(5-6-18(15)14(20)21-9-15)13(19)11-7-12(10(2)3)22-16-11/h7,10H,4-6,8-9H2,1-3H3. The van der Waals surface area contributed by atoms with E-state index in [1.807, 2.05) is 20.8 Å². The van der Waals surface area contributed by atoms with Crippen LogP contribution in [0.3, 0.4) is 0 Å². The second-order valence-electron chi connectivity index (χ2n) is 6.28. The number of hydrogen-bond donors (Lipinski definition) is 0. The highest BCUT2D eigenvalue weighted by molar-refractivity contribution is 5.92. The van der Waals surface area contributed by atoms with E-state index in [2.05, 4.69) is 5.16 Å². The van der Waals surface area contributed by atoms with Gasteiger partial charge in [0.2, 0.25) is 0 Å². The Hall–Kier alpha value is -2.05. The molecule has 0 spiro atoms. The van der Waals surface area contributed by atoms with Crippen molar-refractivity contribution in [1.29, 1.82) is 0 Å². The van der Waals surface area contributed by atoms with Crippen LogP contribution in [0.25, 0.3) is 0 Å². The summed E-state index contributed by atoms with van der Waals surface area (Å²) in [6.45, 7) is 7.77. The smallest absolute Gasteiger partial charge is 0.410 e. The van der Waals surface area contributed by atoms with E-state index in [1.165, 1.54) is 0 Å². The minimum absolute atomic E-state index is 0.150. The van der Waals surface area contributed by atoms with E-state index in [1.54, 1.807) is 15.9 Å². The van der Waals surface area contributed by atoms with Gasteiger partial charge in [0.15, 0.2) is 5.69 Å². The number of ether oxygens (including phenoxy) is 1. The molecule has 2 amide bonds. The Bertz CT molecular complexity index is 597. The molecule has 1 unspecified atom stereocenters. The number of aromatic nitrogens is 1. The number of carbonyl (C=O) groups is 2. The average Bonchev–Trinajstić information content (AvgIpc) is 3.12. The maximum Gasteiger partial charge on any atom is 0.410 e. The van der Waals surface area contributed by atoms with Gasteiger partial charge < -0.3 is 14.2 Å². The van der Waals surface area contributed by atoms with E-state index in [0.717, 1.165) is 6.42 Å². The SMILES string of the molecule is CCC12COC(=O)N1CCN(C(=O)c1cc(C(C)C)on1)C2. The van der Waals surface area contributed by atoms with Gasteiger partial charge in [0.1, 0.15) is 12.4 Å². The van der Waals surface area contributed by atoms with Gasteiger partial charge >= 0.3 is 6.09 Å². The lowest BCUT2D eigenvalue weighted by Gasteiger charge is -2.43. The van der Waals surface area contributed by atoms with Crippen molar-refractivity contribution in [2.45, 2.75) is 38.6 Å². The van der Waals surface area contributed by atoms with Crippen molar-refractivity contribution in [3.05, 3.63) is 17.5 Å². The molecule has 0 N–H and O–H groups in total. The third kappa shape index (κ3) is 2.24. The van der Waals surface area contributed by atoms with Crippen LogP contribution in [0.1, 0.15) is 49.4 Å². The molecule has 3 rings (SSSR count). The fraction of sp³-hybridized carbons (Fsp3) is 0.667. The van der Waals surface area contributed by atoms with Crippen molar-refractivity contribution in [3.63, 3.8) is 0 Å². The Morgan fingerprint density at radius 1 is 1.45 bits per heavy atom. The molecule has 0 aromatic carbocycles. The molecule has 1 atom stereocenters. The van der Waals surface area contributed by atoms with Crippen LogP contribution in [0, 0.1) is 0 Å². The molecule has 3 heterocycles. The summed E-state index contributed by atoms with van der Waals surface area (Å²) in [5, 5.41) is 3.88. The highest BCUT2D eigenvalue weighted by atomic mass is 16.6. The molecule has 0 saturated carbocycles. The van der Waals surface area contributed by atoms with Crippen molar-refractivity contribution < 1.29 is 18.8 Å². The molecule has 1 aromatic heterocycles. The average molecular weight is 307 g/mol. The number of amides is 2. The van der Waals surface area contributed by atoms with Gasteiger partial charge in [-0.15, -0.1) is 0 Å². The number of cyclic esters (lactones) is 1. The van der Waals surface area contributed by atoms with Gasteiger partial charge in [-0.1, -0.05) is 25.9 Å². The lowest BCUT2D eigenvalue weighted by Crippen LogP contribution is -2.62. The lowest BCUT2D eigenvalue weighted by atomic mass is 9.92. The molecule has 1 aromatic rings. The summed E-state index contributed by atoms with van der Waals surface area (Å²) in [6, 6.07) is 1.70. The molecule has 7 nitrogen and oxygen atoms in total. The highest BCUT2D eigenvalue weighted by Crippen LogP contribution is 2.32. The fourth-order valence-electron chi connectivity index (χ4n) is 3.06. The van der Waals surface area contributed by atoms with E-state index >= 15 is 0 Å². The van der Waals surface area contributed by atoms with Crippen LogP contribution >= 0.6 is 0 Å². The quantitative estimate of drug-likeness (QED) is 0.852. The summed E-state index contributed by atoms with van der Waals surface area (Å²) in [5.41, 5.74) is -0.0797. The van der Waals surface area contributed by atoms with Gasteiger partial charge in [0.05, 0.1) is 5.54 Å². The lowest BCUT2D eigenvalue weighted by molar-refractivity contribution is 0.0354. The van der Waals surface area contributed by atoms with E-state index in [-0.39, 0.29) is 17.9 Å². The van der Waals surface area contributed by atoms with Crippen LogP contribution in [0.5, 0.6) is 0 Å². The summed E-state index contributed by atoms with van der Waals surface area (Å²) in [4.78, 5) is 27.9. The summed E-state index contributed by atoms with van der Waals surface area (Å²) < 4.78 is 10.4. The first-order valence-electron chi connectivity index (χ1n) is 7.67. The number of piperazine rings is 1. The Morgan fingerprint density at radius 3 is 2.86 bits per heavy atom. The van der Waals surface area contributed by atoms with Gasteiger partial charge in [-0.3, -0.25) is 9.69 Å². The zero-order chi connectivity index (χ0) is 15.9. The second kappa shape index (κ2) is 5.30. The van der Waals surface area contributed by atoms with Crippen LogP contribution in [-0.2, 0) is 4.74 Å². The van der Waals surface area contributed by atoms with E-state index in [0.29, 0.717) is 37.7 Å². The predicted molar refractivity (Wildman–Crippen MR) is 77.6 cm³/mol. The zero-order valence-corrected chi connectivity index (χ0v) is 13.2. The van der Waals surface area contributed by atoms with Gasteiger partial charge in [-0.05, 0) is 6.42 Å². The predicted octanol–water partition coefficient (Wildman–Crippen LogP) is 1.85. The van der Waals surface area contributed by atoms with Crippen LogP contribution in [0.15, 0.2) is 10.6 Å². The second-order valence-corrected chi connectivity index (χ2v) is 6.28. The largest absolute Gasteiger partial charge is 0.447 e. The molecule has 22 heavy (non-hydrogen) atoms. The van der Waals surface area contributed by atoms with Crippen LogP contribution in [0.2, 0.25) is 0 Å². The molecule has 7 heteroatoms. The summed E-state index contributed by atoms with van der Waals surface area (Å²) in [7, 11) is 0. The van der Waals surface area contributed by atoms with Gasteiger partial charge in [-0.2, -0.15) is 0 Å². The third-order valence-corrected chi connectivity index (χ3v) is 4.60. The van der Waals surface area contributed by atoms with E-state index in [4.69, 9.17) is 9.26 Å². The minimum atomic E-state index is -0.407. The third-order valence-electron chi connectivity index (χ3n) is 4.60. The molecular weight excluding hydrogens is 286 g/mol. The van der Waals surface area contributed by atoms with E-state index < -0.39 is 5.54 Å². The highest BCUT2D eigenvalue weighted by Gasteiger charge is 2.50. The molecule has 0 radical (unpaired) electrons. The molecule has 2 aliphatic rings. The van der Waals surface area contributed by atoms with Crippen LogP contribution in [-0.4, -0.2) is 58.7 Å². The number of fused-ring (bicyclic) bond motifs is 1. The zero-order valence-electron chi connectivity index (χ0n) is 13.2. The normalized spacial score (nSPS) is 24.6. The number of hydrogen-bond acceptors (Lipinski definition) is 5. The molecule has 0 aliphatic carbocycles. The first-order valence-corrected chi connectivity index (χ1v) is 7.67. The van der Waals surface area contributed by atoms with Crippen LogP contribution in [0.4, 0.5) is 4.79 Å². The Morgan fingerprint density at radius 2 is 2.23 bits per heavy atom. The van der Waals surface area contributed by atoms with Crippen molar-refractivity contribution in [3.8, 4) is 0 Å². The van der Waals surface area contributed by atoms with Crippen molar-refractivity contribution in [2.75, 3.05) is 26.2 Å². The maximum absolute atomic E-state index is 12.6. The number of carbonyl (C=O) groups excluding carboxylic acids is 2. The summed E-state index contributed by atoms with van der Waals surface area (Å²) in [6.07, 6.45) is 0.468. The summed E-state index contributed by atoms with van der Waals surface area (Å²) in [5.74, 6) is 0.739. The number of rotatable bonds is 3. The Kier molecular flexibility index (Phi) is 3.58. The first kappa shape index (κ1) is 14.9.